The number of nitrogens with zero attached hydrogens (tertiary/aromatic N) is 3. The number of halogens is 1. The summed E-state index contributed by atoms with van der Waals surface area (Å²) < 4.78 is 27.7. The van der Waals surface area contributed by atoms with Crippen LogP contribution in [0.5, 0.6) is 11.6 Å². The predicted molar refractivity (Wildman–Crippen MR) is 137 cm³/mol. The van der Waals surface area contributed by atoms with Crippen LogP contribution >= 0.6 is 0 Å². The Kier molecular flexibility index (Phi) is 9.05. The molecule has 0 amide bonds. The monoisotopic (exact) mass is 483 g/mol. The molecule has 1 aromatic heterocycles. The lowest BCUT2D eigenvalue weighted by molar-refractivity contribution is -0.0573. The molecule has 1 atom stereocenters. The average Bonchev–Trinajstić information content (AvgIpc) is 3.07. The molecule has 1 unspecified atom stereocenters. The van der Waals surface area contributed by atoms with Crippen LogP contribution in [-0.2, 0) is 11.3 Å². The topological polar surface area (TPSA) is 59.8 Å². The maximum absolute atomic E-state index is 13.9. The van der Waals surface area contributed by atoms with Gasteiger partial charge >= 0.3 is 0 Å². The van der Waals surface area contributed by atoms with Gasteiger partial charge in [-0.3, -0.25) is 4.90 Å². The lowest BCUT2D eigenvalue weighted by atomic mass is 10.1. The zero-order valence-corrected chi connectivity index (χ0v) is 21.7. The van der Waals surface area contributed by atoms with Crippen LogP contribution in [0.25, 0.3) is 5.69 Å². The van der Waals surface area contributed by atoms with E-state index < -0.39 is 6.10 Å². The molecule has 7 heteroatoms. The van der Waals surface area contributed by atoms with Crippen molar-refractivity contribution in [3.8, 4) is 17.3 Å². The highest BCUT2D eigenvalue weighted by Gasteiger charge is 2.24. The van der Waals surface area contributed by atoms with Crippen LogP contribution in [0.1, 0.15) is 45.9 Å². The van der Waals surface area contributed by atoms with Crippen molar-refractivity contribution in [3.63, 3.8) is 0 Å². The molecule has 3 rings (SSSR count). The van der Waals surface area contributed by atoms with Crippen molar-refractivity contribution >= 4 is 0 Å². The number of benzene rings is 2. The molecule has 0 fully saturated rings. The van der Waals surface area contributed by atoms with Gasteiger partial charge in [-0.15, -0.1) is 0 Å². The van der Waals surface area contributed by atoms with Crippen LogP contribution in [0.3, 0.4) is 0 Å². The van der Waals surface area contributed by atoms with Crippen molar-refractivity contribution in [3.05, 3.63) is 71.7 Å². The second-order valence-corrected chi connectivity index (χ2v) is 10.3. The number of aliphatic hydroxyl groups is 1. The molecule has 0 saturated carbocycles. The summed E-state index contributed by atoms with van der Waals surface area (Å²) in [5, 5.41) is 15.5. The van der Waals surface area contributed by atoms with Crippen LogP contribution in [-0.4, -0.2) is 51.2 Å². The van der Waals surface area contributed by atoms with Crippen molar-refractivity contribution in [2.75, 3.05) is 19.7 Å². The number of hydrogen-bond acceptors (Lipinski definition) is 5. The van der Waals surface area contributed by atoms with Crippen molar-refractivity contribution < 1.29 is 19.0 Å². The average molecular weight is 484 g/mol. The van der Waals surface area contributed by atoms with Gasteiger partial charge in [0, 0.05) is 25.7 Å². The zero-order valence-electron chi connectivity index (χ0n) is 21.7. The summed E-state index contributed by atoms with van der Waals surface area (Å²) >= 11 is 0. The summed E-state index contributed by atoms with van der Waals surface area (Å²) in [4.78, 5) is 2.19. The van der Waals surface area contributed by atoms with E-state index in [1.54, 1.807) is 16.8 Å². The van der Waals surface area contributed by atoms with E-state index in [0.717, 1.165) is 23.5 Å². The third kappa shape index (κ3) is 8.16. The number of aliphatic hydroxyl groups excluding tert-OH is 1. The molecule has 0 saturated heterocycles. The largest absolute Gasteiger partial charge is 0.438 e. The van der Waals surface area contributed by atoms with Gasteiger partial charge in [-0.2, -0.15) is 5.10 Å². The quantitative estimate of drug-likeness (QED) is 0.377. The number of ether oxygens (including phenoxy) is 2. The lowest BCUT2D eigenvalue weighted by Gasteiger charge is -2.28. The molecule has 0 aliphatic heterocycles. The standard InChI is InChI=1S/C28H38FN3O3/c1-20(2)16-31(17-24(33)19-34-28(4,5)6)18-26-21(3)30-32(23-12-8-7-9-13-23)27(26)35-25-14-10-11-22(29)15-25/h7-15,20,24,33H,16-19H2,1-6H3. The van der Waals surface area contributed by atoms with Crippen molar-refractivity contribution in [2.24, 2.45) is 5.92 Å². The molecular weight excluding hydrogens is 445 g/mol. The molecule has 1 N–H and O–H groups in total. The maximum Gasteiger partial charge on any atom is 0.227 e. The number of para-hydroxylation sites is 1. The van der Waals surface area contributed by atoms with E-state index in [2.05, 4.69) is 18.7 Å². The fourth-order valence-electron chi connectivity index (χ4n) is 3.85. The van der Waals surface area contributed by atoms with Gasteiger partial charge in [-0.05, 0) is 57.9 Å². The van der Waals surface area contributed by atoms with Crippen molar-refractivity contribution in [1.82, 2.24) is 14.7 Å². The Morgan fingerprint density at radius 3 is 2.40 bits per heavy atom. The summed E-state index contributed by atoms with van der Waals surface area (Å²) in [5.41, 5.74) is 2.24. The van der Waals surface area contributed by atoms with Gasteiger partial charge in [-0.1, -0.05) is 38.1 Å². The molecule has 2 aromatic carbocycles. The molecular formula is C28H38FN3O3. The first-order valence-electron chi connectivity index (χ1n) is 12.1. The molecule has 0 aliphatic rings. The molecule has 1 heterocycles. The van der Waals surface area contributed by atoms with E-state index in [0.29, 0.717) is 30.6 Å². The number of rotatable bonds is 11. The first-order chi connectivity index (χ1) is 16.5. The Labute approximate surface area is 208 Å². The van der Waals surface area contributed by atoms with E-state index in [1.165, 1.54) is 12.1 Å². The molecule has 0 aliphatic carbocycles. The molecule has 0 bridgehead atoms. The van der Waals surface area contributed by atoms with Crippen LogP contribution in [0.4, 0.5) is 4.39 Å². The second kappa shape index (κ2) is 11.8. The molecule has 0 spiro atoms. The molecule has 35 heavy (non-hydrogen) atoms. The fourth-order valence-corrected chi connectivity index (χ4v) is 3.85. The minimum Gasteiger partial charge on any atom is -0.438 e. The first-order valence-corrected chi connectivity index (χ1v) is 12.1. The Morgan fingerprint density at radius 2 is 1.77 bits per heavy atom. The Morgan fingerprint density at radius 1 is 1.06 bits per heavy atom. The van der Waals surface area contributed by atoms with Crippen molar-refractivity contribution in [2.45, 2.75) is 59.8 Å². The smallest absolute Gasteiger partial charge is 0.227 e. The highest BCUT2D eigenvalue weighted by atomic mass is 19.1. The molecule has 6 nitrogen and oxygen atoms in total. The van der Waals surface area contributed by atoms with E-state index in [-0.39, 0.29) is 18.0 Å². The highest BCUT2D eigenvalue weighted by molar-refractivity contribution is 5.43. The van der Waals surface area contributed by atoms with Gasteiger partial charge in [0.1, 0.15) is 11.6 Å². The predicted octanol–water partition coefficient (Wildman–Crippen LogP) is 5.75. The van der Waals surface area contributed by atoms with Gasteiger partial charge in [0.25, 0.3) is 0 Å². The summed E-state index contributed by atoms with van der Waals surface area (Å²) in [6, 6.07) is 15.8. The summed E-state index contributed by atoms with van der Waals surface area (Å²) in [5.74, 6) is 0.962. The van der Waals surface area contributed by atoms with Gasteiger partial charge < -0.3 is 14.6 Å². The summed E-state index contributed by atoms with van der Waals surface area (Å²) in [6.07, 6.45) is -0.634. The third-order valence-corrected chi connectivity index (χ3v) is 5.33. The number of aryl methyl sites for hydroxylation is 1. The second-order valence-electron chi connectivity index (χ2n) is 10.3. The number of aromatic nitrogens is 2. The minimum absolute atomic E-state index is 0.257. The van der Waals surface area contributed by atoms with E-state index in [1.807, 2.05) is 58.0 Å². The van der Waals surface area contributed by atoms with Gasteiger partial charge in [0.15, 0.2) is 0 Å². The lowest BCUT2D eigenvalue weighted by Crippen LogP contribution is -2.38. The Hall–Kier alpha value is -2.74. The third-order valence-electron chi connectivity index (χ3n) is 5.33. The normalized spacial score (nSPS) is 13.0. The zero-order chi connectivity index (χ0) is 25.6. The summed E-state index contributed by atoms with van der Waals surface area (Å²) in [6.45, 7) is 14.2. The fraction of sp³-hybridized carbons (Fsp3) is 0.464. The molecule has 3 aromatic rings. The Balaban J connectivity index is 1.93. The maximum atomic E-state index is 13.9. The molecule has 190 valence electrons. The highest BCUT2D eigenvalue weighted by Crippen LogP contribution is 2.32. The molecule has 0 radical (unpaired) electrons. The van der Waals surface area contributed by atoms with Gasteiger partial charge in [0.05, 0.1) is 35.3 Å². The first kappa shape index (κ1) is 26.9. The number of hydrogen-bond donors (Lipinski definition) is 1. The van der Waals surface area contributed by atoms with E-state index >= 15 is 0 Å². The van der Waals surface area contributed by atoms with Crippen LogP contribution in [0.15, 0.2) is 54.6 Å². The Bertz CT molecular complexity index is 1080. The van der Waals surface area contributed by atoms with Gasteiger partial charge in [0.2, 0.25) is 5.88 Å². The van der Waals surface area contributed by atoms with E-state index in [4.69, 9.17) is 14.6 Å². The summed E-state index contributed by atoms with van der Waals surface area (Å²) in [7, 11) is 0. The SMILES string of the molecule is Cc1nn(-c2ccccc2)c(Oc2cccc(F)c2)c1CN(CC(C)C)CC(O)COC(C)(C)C. The van der Waals surface area contributed by atoms with E-state index in [9.17, 15) is 9.50 Å². The van der Waals surface area contributed by atoms with Crippen molar-refractivity contribution in [1.29, 1.82) is 0 Å². The minimum atomic E-state index is -0.634. The van der Waals surface area contributed by atoms with Crippen LogP contribution in [0, 0.1) is 18.7 Å². The van der Waals surface area contributed by atoms with Crippen LogP contribution in [0.2, 0.25) is 0 Å². The van der Waals surface area contributed by atoms with Crippen LogP contribution < -0.4 is 4.74 Å². The van der Waals surface area contributed by atoms with Gasteiger partial charge in [-0.25, -0.2) is 9.07 Å².